The van der Waals surface area contributed by atoms with Crippen LogP contribution >= 0.6 is 0 Å². The Bertz CT molecular complexity index is 921. The highest BCUT2D eigenvalue weighted by atomic mass is 16.6. The molecular formula is C23H28N2O5. The maximum absolute atomic E-state index is 12.8. The molecule has 0 radical (unpaired) electrons. The summed E-state index contributed by atoms with van der Waals surface area (Å²) >= 11 is 0. The van der Waals surface area contributed by atoms with Crippen LogP contribution in [-0.2, 0) is 20.9 Å². The van der Waals surface area contributed by atoms with Crippen molar-refractivity contribution in [2.24, 2.45) is 0 Å². The molecule has 2 aromatic carbocycles. The van der Waals surface area contributed by atoms with Crippen molar-refractivity contribution in [2.45, 2.75) is 45.8 Å². The highest BCUT2D eigenvalue weighted by molar-refractivity contribution is 5.92. The summed E-state index contributed by atoms with van der Waals surface area (Å²) < 4.78 is 16.7. The van der Waals surface area contributed by atoms with Crippen molar-refractivity contribution in [1.29, 1.82) is 0 Å². The number of hydrogen-bond acceptors (Lipinski definition) is 6. The fourth-order valence-electron chi connectivity index (χ4n) is 3.29. The number of fused-ring (bicyclic) bond motifs is 1. The van der Waals surface area contributed by atoms with Crippen molar-refractivity contribution in [2.75, 3.05) is 23.8 Å². The van der Waals surface area contributed by atoms with Crippen molar-refractivity contribution in [3.05, 3.63) is 53.6 Å². The van der Waals surface area contributed by atoms with E-state index < -0.39 is 11.7 Å². The van der Waals surface area contributed by atoms with E-state index in [1.165, 1.54) is 6.92 Å². The molecule has 0 aliphatic carbocycles. The van der Waals surface area contributed by atoms with Crippen LogP contribution in [0.1, 0.15) is 44.7 Å². The van der Waals surface area contributed by atoms with Gasteiger partial charge in [0, 0.05) is 25.5 Å². The third-order valence-electron chi connectivity index (χ3n) is 4.63. The average molecular weight is 412 g/mol. The molecule has 30 heavy (non-hydrogen) atoms. The molecule has 0 spiro atoms. The Morgan fingerprint density at radius 3 is 2.50 bits per heavy atom. The van der Waals surface area contributed by atoms with Gasteiger partial charge in [-0.25, -0.2) is 4.79 Å². The van der Waals surface area contributed by atoms with Crippen LogP contribution in [-0.4, -0.2) is 30.8 Å². The molecule has 1 heterocycles. The second-order valence-corrected chi connectivity index (χ2v) is 8.31. The van der Waals surface area contributed by atoms with Crippen LogP contribution in [0.3, 0.4) is 0 Å². The first kappa shape index (κ1) is 21.5. The maximum atomic E-state index is 12.8. The normalized spacial score (nSPS) is 15.5. The minimum Gasteiger partial charge on any atom is -0.487 e. The van der Waals surface area contributed by atoms with Gasteiger partial charge in [0.05, 0.1) is 18.0 Å². The summed E-state index contributed by atoms with van der Waals surface area (Å²) in [5.41, 5.74) is 8.55. The van der Waals surface area contributed by atoms with Gasteiger partial charge in [-0.1, -0.05) is 30.3 Å². The molecule has 1 amide bonds. The number of ether oxygens (including phenoxy) is 3. The Kier molecular flexibility index (Phi) is 6.20. The zero-order valence-electron chi connectivity index (χ0n) is 17.8. The predicted octanol–water partition coefficient (Wildman–Crippen LogP) is 4.25. The molecule has 3 rings (SSSR count). The van der Waals surface area contributed by atoms with Crippen molar-refractivity contribution >= 4 is 23.4 Å². The lowest BCUT2D eigenvalue weighted by Gasteiger charge is -2.25. The number of amides is 1. The van der Waals surface area contributed by atoms with Gasteiger partial charge in [-0.05, 0) is 38.0 Å². The Morgan fingerprint density at radius 2 is 1.87 bits per heavy atom. The zero-order valence-corrected chi connectivity index (χ0v) is 17.8. The smallest absolute Gasteiger partial charge is 0.414 e. The highest BCUT2D eigenvalue weighted by Crippen LogP contribution is 2.42. The number of benzene rings is 2. The molecule has 0 saturated carbocycles. The lowest BCUT2D eigenvalue weighted by atomic mass is 10.0. The number of nitrogen functional groups attached to an aromatic ring is 1. The summed E-state index contributed by atoms with van der Waals surface area (Å²) in [6.07, 6.45) is -0.465. The molecule has 0 bridgehead atoms. The molecular weight excluding hydrogens is 384 g/mol. The molecule has 1 unspecified atom stereocenters. The van der Waals surface area contributed by atoms with Crippen LogP contribution in [0.5, 0.6) is 5.75 Å². The van der Waals surface area contributed by atoms with E-state index in [0.29, 0.717) is 30.3 Å². The molecule has 7 nitrogen and oxygen atoms in total. The van der Waals surface area contributed by atoms with Crippen LogP contribution in [0.25, 0.3) is 0 Å². The van der Waals surface area contributed by atoms with Gasteiger partial charge < -0.3 is 19.9 Å². The van der Waals surface area contributed by atoms with Crippen molar-refractivity contribution < 1.29 is 23.8 Å². The van der Waals surface area contributed by atoms with E-state index >= 15 is 0 Å². The van der Waals surface area contributed by atoms with Crippen molar-refractivity contribution in [1.82, 2.24) is 0 Å². The van der Waals surface area contributed by atoms with Crippen LogP contribution in [0.4, 0.5) is 16.2 Å². The minimum absolute atomic E-state index is 0.158. The number of nitrogens with two attached hydrogens (primary N) is 1. The Hall–Kier alpha value is -3.22. The zero-order chi connectivity index (χ0) is 21.9. The third-order valence-corrected chi connectivity index (χ3v) is 4.63. The van der Waals surface area contributed by atoms with Crippen LogP contribution in [0.15, 0.2) is 42.5 Å². The van der Waals surface area contributed by atoms with Crippen LogP contribution < -0.4 is 15.4 Å². The van der Waals surface area contributed by atoms with Gasteiger partial charge in [-0.15, -0.1) is 0 Å². The lowest BCUT2D eigenvalue weighted by molar-refractivity contribution is -0.141. The van der Waals surface area contributed by atoms with Gasteiger partial charge in [0.1, 0.15) is 18.0 Å². The summed E-state index contributed by atoms with van der Waals surface area (Å²) in [5.74, 6) is -0.0794. The van der Waals surface area contributed by atoms with E-state index in [2.05, 4.69) is 0 Å². The predicted molar refractivity (Wildman–Crippen MR) is 115 cm³/mol. The number of carbonyl (C=O) groups is 2. The Labute approximate surface area is 176 Å². The monoisotopic (exact) mass is 412 g/mol. The van der Waals surface area contributed by atoms with Gasteiger partial charge in [-0.2, -0.15) is 0 Å². The fourth-order valence-corrected chi connectivity index (χ4v) is 3.29. The molecule has 1 aliphatic heterocycles. The van der Waals surface area contributed by atoms with Crippen molar-refractivity contribution in [3.8, 4) is 5.75 Å². The van der Waals surface area contributed by atoms with E-state index in [4.69, 9.17) is 19.9 Å². The SMILES string of the molecule is CC(=O)OCC1CN(C(=O)OC(C)(C)C)c2cc(OCc3ccccc3)c(N)cc21. The van der Waals surface area contributed by atoms with Gasteiger partial charge in [0.2, 0.25) is 0 Å². The minimum atomic E-state index is -0.633. The molecule has 1 aliphatic rings. The summed E-state index contributed by atoms with van der Waals surface area (Å²) in [6, 6.07) is 13.3. The van der Waals surface area contributed by atoms with Gasteiger partial charge in [-0.3, -0.25) is 9.69 Å². The largest absolute Gasteiger partial charge is 0.487 e. The van der Waals surface area contributed by atoms with Gasteiger partial charge in [0.25, 0.3) is 0 Å². The third kappa shape index (κ3) is 5.23. The first-order valence-corrected chi connectivity index (χ1v) is 9.88. The Balaban J connectivity index is 1.88. The van der Waals surface area contributed by atoms with E-state index in [0.717, 1.165) is 11.1 Å². The number of rotatable bonds is 5. The quantitative estimate of drug-likeness (QED) is 0.583. The fraction of sp³-hybridized carbons (Fsp3) is 0.391. The van der Waals surface area contributed by atoms with Gasteiger partial charge >= 0.3 is 12.1 Å². The number of nitrogens with zero attached hydrogens (tertiary/aromatic N) is 1. The number of esters is 1. The summed E-state index contributed by atoms with van der Waals surface area (Å²) in [7, 11) is 0. The molecule has 0 saturated heterocycles. The lowest BCUT2D eigenvalue weighted by Crippen LogP contribution is -2.36. The first-order chi connectivity index (χ1) is 14.1. The van der Waals surface area contributed by atoms with E-state index in [-0.39, 0.29) is 18.5 Å². The average Bonchev–Trinajstić information content (AvgIpc) is 3.01. The maximum Gasteiger partial charge on any atom is 0.414 e. The van der Waals surface area contributed by atoms with E-state index in [9.17, 15) is 9.59 Å². The molecule has 160 valence electrons. The highest BCUT2D eigenvalue weighted by Gasteiger charge is 2.36. The molecule has 0 aromatic heterocycles. The second kappa shape index (κ2) is 8.65. The molecule has 1 atom stereocenters. The number of carbonyl (C=O) groups excluding carboxylic acids is 2. The molecule has 2 aromatic rings. The number of anilines is 2. The van der Waals surface area contributed by atoms with Crippen LogP contribution in [0.2, 0.25) is 0 Å². The standard InChI is InChI=1S/C23H28N2O5/c1-15(26)28-14-17-12-25(22(27)30-23(2,3)4)20-11-21(19(24)10-18(17)20)29-13-16-8-6-5-7-9-16/h5-11,17H,12-14,24H2,1-4H3. The number of hydrogen-bond donors (Lipinski definition) is 1. The molecule has 7 heteroatoms. The summed E-state index contributed by atoms with van der Waals surface area (Å²) in [5, 5.41) is 0. The van der Waals surface area contributed by atoms with Gasteiger partial charge in [0.15, 0.2) is 0 Å². The summed E-state index contributed by atoms with van der Waals surface area (Å²) in [4.78, 5) is 25.6. The molecule has 0 fully saturated rings. The van der Waals surface area contributed by atoms with E-state index in [1.54, 1.807) is 17.0 Å². The topological polar surface area (TPSA) is 91.1 Å². The van der Waals surface area contributed by atoms with E-state index in [1.807, 2.05) is 51.1 Å². The van der Waals surface area contributed by atoms with Crippen LogP contribution in [0, 0.1) is 0 Å². The Morgan fingerprint density at radius 1 is 1.17 bits per heavy atom. The first-order valence-electron chi connectivity index (χ1n) is 9.88. The molecule has 2 N–H and O–H groups in total. The summed E-state index contributed by atoms with van der Waals surface area (Å²) in [6.45, 7) is 7.65. The van der Waals surface area contributed by atoms with Crippen molar-refractivity contribution in [3.63, 3.8) is 0 Å². The second-order valence-electron chi connectivity index (χ2n) is 8.31.